The first-order valence-corrected chi connectivity index (χ1v) is 34.2. The molecule has 1 atom stereocenters. The predicted octanol–water partition coefficient (Wildman–Crippen LogP) is 23.6. The van der Waals surface area contributed by atoms with Gasteiger partial charge in [0.05, 0.1) is 0 Å². The molecule has 0 aromatic heterocycles. The third-order valence-electron chi connectivity index (χ3n) is 14.8. The van der Waals surface area contributed by atoms with Gasteiger partial charge in [0, 0.05) is 19.3 Å². The van der Waals surface area contributed by atoms with E-state index in [0.717, 1.165) is 122 Å². The zero-order valence-corrected chi connectivity index (χ0v) is 52.8. The maximum absolute atomic E-state index is 12.9. The quantitative estimate of drug-likeness (QED) is 0.0261. The third-order valence-corrected chi connectivity index (χ3v) is 14.8. The average Bonchev–Trinajstić information content (AvgIpc) is 3.46. The topological polar surface area (TPSA) is 78.9 Å². The van der Waals surface area contributed by atoms with Gasteiger partial charge in [0.25, 0.3) is 0 Å². The first-order chi connectivity index (χ1) is 39.5. The van der Waals surface area contributed by atoms with Crippen molar-refractivity contribution >= 4 is 17.9 Å². The molecule has 0 N–H and O–H groups in total. The summed E-state index contributed by atoms with van der Waals surface area (Å²) in [4.78, 5) is 38.3. The van der Waals surface area contributed by atoms with Gasteiger partial charge in [-0.05, 0) is 122 Å². The molecule has 0 amide bonds. The summed E-state index contributed by atoms with van der Waals surface area (Å²) in [6, 6.07) is 0. The Hall–Kier alpha value is -3.67. The lowest BCUT2D eigenvalue weighted by atomic mass is 10.0. The molecule has 6 nitrogen and oxygen atoms in total. The van der Waals surface area contributed by atoms with Gasteiger partial charge in [-0.1, -0.05) is 291 Å². The molecular weight excluding hydrogens is 985 g/mol. The van der Waals surface area contributed by atoms with E-state index in [4.69, 9.17) is 14.2 Å². The van der Waals surface area contributed by atoms with Crippen molar-refractivity contribution in [2.45, 2.75) is 341 Å². The second kappa shape index (κ2) is 67.8. The molecule has 0 saturated heterocycles. The normalized spacial score (nSPS) is 12.7. The van der Waals surface area contributed by atoms with Crippen LogP contribution in [0.5, 0.6) is 0 Å². The van der Waals surface area contributed by atoms with Crippen LogP contribution in [0.25, 0.3) is 0 Å². The number of carbonyl (C=O) groups is 3. The van der Waals surface area contributed by atoms with Gasteiger partial charge < -0.3 is 14.2 Å². The number of ether oxygens (including phenoxy) is 3. The molecule has 0 heterocycles. The molecule has 80 heavy (non-hydrogen) atoms. The van der Waals surface area contributed by atoms with Gasteiger partial charge in [-0.15, -0.1) is 0 Å². The number of allylic oxidation sites excluding steroid dienone is 16. The van der Waals surface area contributed by atoms with Crippen LogP contribution in [0.3, 0.4) is 0 Å². The van der Waals surface area contributed by atoms with Crippen LogP contribution in [0.4, 0.5) is 0 Å². The van der Waals surface area contributed by atoms with Crippen molar-refractivity contribution < 1.29 is 28.6 Å². The fraction of sp³-hybridized carbons (Fsp3) is 0.743. The molecule has 0 aromatic carbocycles. The van der Waals surface area contributed by atoms with Crippen LogP contribution in [-0.2, 0) is 28.6 Å². The fourth-order valence-corrected chi connectivity index (χ4v) is 9.67. The van der Waals surface area contributed by atoms with Crippen LogP contribution in [-0.4, -0.2) is 37.2 Å². The zero-order valence-electron chi connectivity index (χ0n) is 52.8. The number of rotatable bonds is 62. The first-order valence-electron chi connectivity index (χ1n) is 34.2. The van der Waals surface area contributed by atoms with E-state index in [9.17, 15) is 14.4 Å². The molecule has 0 saturated carbocycles. The van der Waals surface area contributed by atoms with Crippen molar-refractivity contribution in [1.82, 2.24) is 0 Å². The van der Waals surface area contributed by atoms with Gasteiger partial charge >= 0.3 is 17.9 Å². The lowest BCUT2D eigenvalue weighted by molar-refractivity contribution is -0.167. The van der Waals surface area contributed by atoms with E-state index < -0.39 is 6.10 Å². The highest BCUT2D eigenvalue weighted by molar-refractivity contribution is 5.71. The Bertz CT molecular complexity index is 1560. The molecular formula is C74H128O6. The maximum Gasteiger partial charge on any atom is 0.306 e. The van der Waals surface area contributed by atoms with E-state index in [2.05, 4.69) is 118 Å². The van der Waals surface area contributed by atoms with E-state index >= 15 is 0 Å². The van der Waals surface area contributed by atoms with Crippen LogP contribution >= 0.6 is 0 Å². The average molecular weight is 1110 g/mol. The van der Waals surface area contributed by atoms with Crippen LogP contribution < -0.4 is 0 Å². The smallest absolute Gasteiger partial charge is 0.306 e. The molecule has 0 aliphatic rings. The Labute approximate surface area is 496 Å². The Kier molecular flexibility index (Phi) is 64.7. The van der Waals surface area contributed by atoms with Gasteiger partial charge in [0.15, 0.2) is 6.10 Å². The summed E-state index contributed by atoms with van der Waals surface area (Å²) in [6.07, 6.45) is 91.5. The van der Waals surface area contributed by atoms with E-state index in [-0.39, 0.29) is 31.1 Å². The van der Waals surface area contributed by atoms with Crippen molar-refractivity contribution in [2.75, 3.05) is 13.2 Å². The minimum atomic E-state index is -0.792. The van der Waals surface area contributed by atoms with Crippen LogP contribution in [0.2, 0.25) is 0 Å². The van der Waals surface area contributed by atoms with E-state index in [1.54, 1.807) is 0 Å². The SMILES string of the molecule is CC/C=C\C/C=C\C/C=C\C/C=C\C/C=C\CCCCCCCC(=O)OC(COC(=O)CCCCCCC/C=C\CCCCC)COC(=O)CCCCCCCCCCCCCCCCCCC/C=C\C/C=C\CCCCCCC. The van der Waals surface area contributed by atoms with Crippen molar-refractivity contribution in [3.05, 3.63) is 97.2 Å². The number of esters is 3. The monoisotopic (exact) mass is 1110 g/mol. The molecule has 460 valence electrons. The van der Waals surface area contributed by atoms with Crippen molar-refractivity contribution in [1.29, 1.82) is 0 Å². The van der Waals surface area contributed by atoms with Crippen LogP contribution in [0.1, 0.15) is 335 Å². The largest absolute Gasteiger partial charge is 0.462 e. The summed E-state index contributed by atoms with van der Waals surface area (Å²) in [5.41, 5.74) is 0. The van der Waals surface area contributed by atoms with Crippen molar-refractivity contribution in [2.24, 2.45) is 0 Å². The number of carbonyl (C=O) groups excluding carboxylic acids is 3. The summed E-state index contributed by atoms with van der Waals surface area (Å²) in [5.74, 6) is -0.903. The highest BCUT2D eigenvalue weighted by Crippen LogP contribution is 2.17. The van der Waals surface area contributed by atoms with Gasteiger partial charge in [0.1, 0.15) is 13.2 Å². The molecule has 0 aliphatic carbocycles. The maximum atomic E-state index is 12.9. The number of hydrogen-bond donors (Lipinski definition) is 0. The molecule has 0 bridgehead atoms. The minimum Gasteiger partial charge on any atom is -0.462 e. The second-order valence-corrected chi connectivity index (χ2v) is 22.7. The van der Waals surface area contributed by atoms with Crippen molar-refractivity contribution in [3.63, 3.8) is 0 Å². The summed E-state index contributed by atoms with van der Waals surface area (Å²) in [5, 5.41) is 0. The van der Waals surface area contributed by atoms with Gasteiger partial charge in [0.2, 0.25) is 0 Å². The Morgan fingerprint density at radius 1 is 0.263 bits per heavy atom. The van der Waals surface area contributed by atoms with Gasteiger partial charge in [-0.25, -0.2) is 0 Å². The molecule has 0 aliphatic heterocycles. The van der Waals surface area contributed by atoms with Crippen LogP contribution in [0, 0.1) is 0 Å². The van der Waals surface area contributed by atoms with Gasteiger partial charge in [-0.2, -0.15) is 0 Å². The summed E-state index contributed by atoms with van der Waals surface area (Å²) >= 11 is 0. The first kappa shape index (κ1) is 76.3. The zero-order chi connectivity index (χ0) is 57.8. The Morgan fingerprint density at radius 2 is 0.487 bits per heavy atom. The summed E-state index contributed by atoms with van der Waals surface area (Å²) in [7, 11) is 0. The molecule has 0 spiro atoms. The molecule has 0 radical (unpaired) electrons. The lowest BCUT2D eigenvalue weighted by Crippen LogP contribution is -2.30. The Morgan fingerprint density at radius 3 is 0.800 bits per heavy atom. The van der Waals surface area contributed by atoms with Crippen LogP contribution in [0.15, 0.2) is 97.2 Å². The summed E-state index contributed by atoms with van der Waals surface area (Å²) < 4.78 is 16.9. The summed E-state index contributed by atoms with van der Waals surface area (Å²) in [6.45, 7) is 6.50. The standard InChI is InChI=1S/C74H128O6/c1-4-7-10-13-16-19-22-25-27-29-31-33-34-35-36-37-38-39-40-42-43-45-47-49-52-55-58-61-64-67-73(76)79-70-71(69-78-72(75)66-63-60-57-54-51-24-21-18-15-12-9-6-3)80-74(77)68-65-62-59-56-53-50-48-46-44-41-32-30-28-26-23-20-17-14-11-8-5-2/h8,11,17-18,20-22,25-26,28-29,31-32,41,46,48,71H,4-7,9-10,12-16,19,23-24,27,30,33-40,42-45,47,49-70H2,1-3H3/b11-8-,20-17-,21-18-,25-22-,28-26-,31-29-,41-32-,48-46-. The minimum absolute atomic E-state index is 0.0863. The number of hydrogen-bond acceptors (Lipinski definition) is 6. The predicted molar refractivity (Wildman–Crippen MR) is 348 cm³/mol. The van der Waals surface area contributed by atoms with E-state index in [1.807, 2.05) is 0 Å². The highest BCUT2D eigenvalue weighted by atomic mass is 16.6. The molecule has 0 rings (SSSR count). The molecule has 1 unspecified atom stereocenters. The third kappa shape index (κ3) is 65.1. The number of unbranched alkanes of at least 4 members (excludes halogenated alkanes) is 35. The van der Waals surface area contributed by atoms with E-state index in [1.165, 1.54) is 173 Å². The van der Waals surface area contributed by atoms with E-state index in [0.29, 0.717) is 19.3 Å². The van der Waals surface area contributed by atoms with Gasteiger partial charge in [-0.3, -0.25) is 14.4 Å². The Balaban J connectivity index is 4.26. The molecule has 0 aromatic rings. The molecule has 0 fully saturated rings. The molecule has 6 heteroatoms. The fourth-order valence-electron chi connectivity index (χ4n) is 9.67. The second-order valence-electron chi connectivity index (χ2n) is 22.7. The lowest BCUT2D eigenvalue weighted by Gasteiger charge is -2.18. The van der Waals surface area contributed by atoms with Crippen molar-refractivity contribution in [3.8, 4) is 0 Å². The highest BCUT2D eigenvalue weighted by Gasteiger charge is 2.19.